The number of hydrogen-bond acceptors (Lipinski definition) is 8. The molecule has 0 aliphatic heterocycles. The number of aromatic nitrogens is 3. The summed E-state index contributed by atoms with van der Waals surface area (Å²) >= 11 is 0. The highest BCUT2D eigenvalue weighted by molar-refractivity contribution is 7.89. The molecular weight excluding hydrogens is 392 g/mol. The minimum atomic E-state index is -3.59. The van der Waals surface area contributed by atoms with E-state index in [1.54, 1.807) is 24.4 Å². The van der Waals surface area contributed by atoms with Gasteiger partial charge in [0, 0.05) is 25.4 Å². The number of nitrogens with zero attached hydrogens (tertiary/aromatic N) is 3. The van der Waals surface area contributed by atoms with E-state index < -0.39 is 10.0 Å². The highest BCUT2D eigenvalue weighted by Gasteiger charge is 2.13. The maximum Gasteiger partial charge on any atom is 0.240 e. The van der Waals surface area contributed by atoms with Gasteiger partial charge in [-0.3, -0.25) is 0 Å². The Morgan fingerprint density at radius 3 is 2.45 bits per heavy atom. The second-order valence-electron chi connectivity index (χ2n) is 5.86. The third-order valence-electron chi connectivity index (χ3n) is 3.76. The van der Waals surface area contributed by atoms with E-state index in [1.165, 1.54) is 18.5 Å². The molecule has 10 heteroatoms. The lowest BCUT2D eigenvalue weighted by atomic mass is 10.3. The lowest BCUT2D eigenvalue weighted by Gasteiger charge is -2.10. The van der Waals surface area contributed by atoms with Gasteiger partial charge in [-0.25, -0.2) is 28.1 Å². The zero-order valence-corrected chi connectivity index (χ0v) is 16.7. The normalized spacial score (nSPS) is 11.1. The van der Waals surface area contributed by atoms with Gasteiger partial charge in [-0.2, -0.15) is 0 Å². The number of rotatable bonds is 10. The van der Waals surface area contributed by atoms with Gasteiger partial charge in [0.1, 0.15) is 29.5 Å². The van der Waals surface area contributed by atoms with Crippen LogP contribution in [0.15, 0.2) is 66.0 Å². The quantitative estimate of drug-likeness (QED) is 0.433. The van der Waals surface area contributed by atoms with E-state index >= 15 is 0 Å². The first-order valence-electron chi connectivity index (χ1n) is 9.03. The highest BCUT2D eigenvalue weighted by Crippen LogP contribution is 2.16. The molecule has 0 amide bonds. The molecule has 0 radical (unpaired) electrons. The zero-order valence-electron chi connectivity index (χ0n) is 15.9. The van der Waals surface area contributed by atoms with Crippen LogP contribution in [0.1, 0.15) is 6.92 Å². The monoisotopic (exact) mass is 414 g/mol. The summed E-state index contributed by atoms with van der Waals surface area (Å²) in [4.78, 5) is 12.6. The molecule has 0 aliphatic carbocycles. The van der Waals surface area contributed by atoms with E-state index in [-0.39, 0.29) is 11.4 Å². The molecule has 3 N–H and O–H groups in total. The maximum atomic E-state index is 12.3. The van der Waals surface area contributed by atoms with Gasteiger partial charge in [0.2, 0.25) is 10.0 Å². The first-order chi connectivity index (χ1) is 14.1. The number of pyridine rings is 1. The van der Waals surface area contributed by atoms with Crippen LogP contribution in [0.3, 0.4) is 0 Å². The molecule has 0 spiro atoms. The van der Waals surface area contributed by atoms with Crippen LogP contribution in [0.25, 0.3) is 0 Å². The van der Waals surface area contributed by atoms with Crippen LogP contribution in [-0.2, 0) is 10.0 Å². The lowest BCUT2D eigenvalue weighted by Crippen LogP contribution is -2.29. The zero-order chi connectivity index (χ0) is 20.5. The largest absolute Gasteiger partial charge is 0.494 e. The summed E-state index contributed by atoms with van der Waals surface area (Å²) in [5, 5.41) is 6.13. The molecule has 2 heterocycles. The van der Waals surface area contributed by atoms with Gasteiger partial charge < -0.3 is 15.4 Å². The van der Waals surface area contributed by atoms with Crippen molar-refractivity contribution in [3.8, 4) is 5.75 Å². The molecule has 0 bridgehead atoms. The Bertz CT molecular complexity index is 1010. The fourth-order valence-electron chi connectivity index (χ4n) is 2.43. The van der Waals surface area contributed by atoms with Crippen molar-refractivity contribution < 1.29 is 13.2 Å². The molecule has 0 fully saturated rings. The summed E-state index contributed by atoms with van der Waals surface area (Å²) in [5.41, 5.74) is 0. The second kappa shape index (κ2) is 9.80. The van der Waals surface area contributed by atoms with Gasteiger partial charge in [-0.15, -0.1) is 0 Å². The summed E-state index contributed by atoms with van der Waals surface area (Å²) in [6.07, 6.45) is 3.09. The summed E-state index contributed by atoms with van der Waals surface area (Å²) in [6, 6.07) is 13.5. The van der Waals surface area contributed by atoms with Crippen molar-refractivity contribution in [1.29, 1.82) is 0 Å². The maximum absolute atomic E-state index is 12.3. The van der Waals surface area contributed by atoms with Gasteiger partial charge in [0.05, 0.1) is 11.5 Å². The SMILES string of the molecule is CCOc1ccc(S(=O)(=O)NCCNc2cc(Nc3ccccn3)ncn2)cc1. The Kier molecular flexibility index (Phi) is 6.93. The molecule has 3 aromatic rings. The molecule has 0 aliphatic rings. The summed E-state index contributed by atoms with van der Waals surface area (Å²) in [5.74, 6) is 2.45. The lowest BCUT2D eigenvalue weighted by molar-refractivity contribution is 0.340. The number of nitrogens with one attached hydrogen (secondary N) is 3. The van der Waals surface area contributed by atoms with E-state index in [9.17, 15) is 8.42 Å². The number of sulfonamides is 1. The van der Waals surface area contributed by atoms with E-state index in [4.69, 9.17) is 4.74 Å². The van der Waals surface area contributed by atoms with Gasteiger partial charge in [-0.1, -0.05) is 6.07 Å². The van der Waals surface area contributed by atoms with Crippen molar-refractivity contribution >= 4 is 27.5 Å². The van der Waals surface area contributed by atoms with Crippen molar-refractivity contribution in [3.05, 3.63) is 61.1 Å². The molecule has 9 nitrogen and oxygen atoms in total. The third kappa shape index (κ3) is 6.13. The van der Waals surface area contributed by atoms with Crippen LogP contribution in [0.2, 0.25) is 0 Å². The Morgan fingerprint density at radius 1 is 0.931 bits per heavy atom. The van der Waals surface area contributed by atoms with Crippen LogP contribution in [0.4, 0.5) is 17.5 Å². The molecule has 29 heavy (non-hydrogen) atoms. The second-order valence-corrected chi connectivity index (χ2v) is 7.62. The molecule has 0 unspecified atom stereocenters. The average Bonchev–Trinajstić information content (AvgIpc) is 2.73. The van der Waals surface area contributed by atoms with Gasteiger partial charge in [-0.05, 0) is 43.3 Å². The molecule has 3 rings (SSSR count). The minimum absolute atomic E-state index is 0.185. The first kappa shape index (κ1) is 20.5. The van der Waals surface area contributed by atoms with Crippen LogP contribution in [-0.4, -0.2) is 43.1 Å². The van der Waals surface area contributed by atoms with E-state index in [0.717, 1.165) is 0 Å². The number of benzene rings is 1. The molecule has 152 valence electrons. The van der Waals surface area contributed by atoms with Crippen molar-refractivity contribution in [1.82, 2.24) is 19.7 Å². The molecule has 2 aromatic heterocycles. The Hall–Kier alpha value is -3.24. The van der Waals surface area contributed by atoms with Crippen LogP contribution < -0.4 is 20.1 Å². The predicted octanol–water partition coefficient (Wildman–Crippen LogP) is 2.40. The Balaban J connectivity index is 1.50. The van der Waals surface area contributed by atoms with Crippen LogP contribution >= 0.6 is 0 Å². The average molecular weight is 414 g/mol. The fourth-order valence-corrected chi connectivity index (χ4v) is 3.46. The van der Waals surface area contributed by atoms with Gasteiger partial charge in [0.25, 0.3) is 0 Å². The van der Waals surface area contributed by atoms with E-state index in [1.807, 2.05) is 25.1 Å². The third-order valence-corrected chi connectivity index (χ3v) is 5.23. The summed E-state index contributed by atoms with van der Waals surface area (Å²) < 4.78 is 32.6. The molecule has 0 atom stereocenters. The Morgan fingerprint density at radius 2 is 1.72 bits per heavy atom. The number of anilines is 3. The molecular formula is C19H22N6O3S. The van der Waals surface area contributed by atoms with E-state index in [0.29, 0.717) is 36.4 Å². The summed E-state index contributed by atoms with van der Waals surface area (Å²) in [6.45, 7) is 2.95. The van der Waals surface area contributed by atoms with Gasteiger partial charge >= 0.3 is 0 Å². The predicted molar refractivity (Wildman–Crippen MR) is 111 cm³/mol. The number of hydrogen-bond donors (Lipinski definition) is 3. The van der Waals surface area contributed by atoms with Crippen molar-refractivity contribution in [3.63, 3.8) is 0 Å². The van der Waals surface area contributed by atoms with E-state index in [2.05, 4.69) is 30.3 Å². The van der Waals surface area contributed by atoms with Crippen LogP contribution in [0.5, 0.6) is 5.75 Å². The van der Waals surface area contributed by atoms with Crippen molar-refractivity contribution in [2.45, 2.75) is 11.8 Å². The van der Waals surface area contributed by atoms with Crippen LogP contribution in [0, 0.1) is 0 Å². The summed E-state index contributed by atoms with van der Waals surface area (Å²) in [7, 11) is -3.59. The number of ether oxygens (including phenoxy) is 1. The first-order valence-corrected chi connectivity index (χ1v) is 10.5. The van der Waals surface area contributed by atoms with Crippen molar-refractivity contribution in [2.24, 2.45) is 0 Å². The fraction of sp³-hybridized carbons (Fsp3) is 0.211. The minimum Gasteiger partial charge on any atom is -0.494 e. The molecule has 1 aromatic carbocycles. The van der Waals surface area contributed by atoms with Crippen molar-refractivity contribution in [2.75, 3.05) is 30.3 Å². The Labute approximate surface area is 169 Å². The van der Waals surface area contributed by atoms with Gasteiger partial charge in [0.15, 0.2) is 0 Å². The molecule has 0 saturated heterocycles. The standard InChI is InChI=1S/C19H22N6O3S/c1-2-28-15-6-8-16(9-7-15)29(26,27)24-12-11-21-18-13-19(23-14-22-18)25-17-5-3-4-10-20-17/h3-10,13-14,24H,2,11-12H2,1H3,(H2,20,21,22,23,25). The smallest absolute Gasteiger partial charge is 0.240 e. The highest BCUT2D eigenvalue weighted by atomic mass is 32.2. The topological polar surface area (TPSA) is 118 Å². The molecule has 0 saturated carbocycles.